The Kier molecular flexibility index (Phi) is 10.5. The Morgan fingerprint density at radius 1 is 0.500 bits per heavy atom. The molecule has 0 amide bonds. The second kappa shape index (κ2) is 7.43. The Balaban J connectivity index is 0. The first-order valence-electron chi connectivity index (χ1n) is 2.00. The van der Waals surface area contributed by atoms with E-state index in [1.165, 1.54) is 0 Å². The first kappa shape index (κ1) is 11.3. The third kappa shape index (κ3) is 4.59. The molecule has 1 aromatic rings. The normalized spacial score (nSPS) is 6.00. The van der Waals surface area contributed by atoms with E-state index >= 15 is 0 Å². The number of hydrogen-bond donors (Lipinski definition) is 0. The zero-order valence-corrected chi connectivity index (χ0v) is 8.32. The van der Waals surface area contributed by atoms with Crippen LogP contribution in [0.15, 0.2) is 36.4 Å². The highest BCUT2D eigenvalue weighted by molar-refractivity contribution is 14.0. The highest BCUT2D eigenvalue weighted by Crippen LogP contribution is 1.79. The van der Waals surface area contributed by atoms with Gasteiger partial charge in [0, 0.05) is 0 Å². The van der Waals surface area contributed by atoms with Crippen LogP contribution in [0.5, 0.6) is 0 Å². The third-order valence-corrected chi connectivity index (χ3v) is 0.667. The Morgan fingerprint density at radius 3 is 0.750 bits per heavy atom. The van der Waals surface area contributed by atoms with Gasteiger partial charge in [0.2, 0.25) is 0 Å². The van der Waals surface area contributed by atoms with E-state index in [0.717, 1.165) is 0 Å². The van der Waals surface area contributed by atoms with E-state index in [1.807, 2.05) is 36.4 Å². The molecule has 0 spiro atoms. The van der Waals surface area contributed by atoms with E-state index in [1.54, 1.807) is 0 Å². The van der Waals surface area contributed by atoms with E-state index in [0.29, 0.717) is 0 Å². The Hall–Kier alpha value is 0.430. The maximum absolute atomic E-state index is 2.00. The molecule has 0 N–H and O–H groups in total. The molecule has 8 heavy (non-hydrogen) atoms. The molecule has 0 radical (unpaired) electrons. The van der Waals surface area contributed by atoms with E-state index in [9.17, 15) is 0 Å². The summed E-state index contributed by atoms with van der Waals surface area (Å²) in [4.78, 5) is 0. The summed E-state index contributed by atoms with van der Waals surface area (Å²) < 4.78 is 0. The van der Waals surface area contributed by atoms with Gasteiger partial charge >= 0.3 is 0 Å². The SMILES string of the molecule is Br.I.c1ccccc1. The van der Waals surface area contributed by atoms with Crippen molar-refractivity contribution in [2.75, 3.05) is 0 Å². The first-order chi connectivity index (χ1) is 3.00. The first-order valence-corrected chi connectivity index (χ1v) is 2.00. The molecule has 0 saturated carbocycles. The van der Waals surface area contributed by atoms with Crippen molar-refractivity contribution in [3.63, 3.8) is 0 Å². The maximum Gasteiger partial charge on any atom is -0.0623 e. The minimum absolute atomic E-state index is 0. The molecule has 1 aromatic carbocycles. The van der Waals surface area contributed by atoms with Crippen LogP contribution < -0.4 is 0 Å². The molecule has 0 aliphatic rings. The second-order valence-corrected chi connectivity index (χ2v) is 1.15. The Morgan fingerprint density at radius 2 is 0.625 bits per heavy atom. The summed E-state index contributed by atoms with van der Waals surface area (Å²) in [6.07, 6.45) is 0. The third-order valence-electron chi connectivity index (χ3n) is 0.667. The molecule has 0 saturated heterocycles. The van der Waals surface area contributed by atoms with Gasteiger partial charge in [0.05, 0.1) is 0 Å². The number of halogens is 2. The number of benzene rings is 1. The molecule has 0 aromatic heterocycles. The average molecular weight is 287 g/mol. The van der Waals surface area contributed by atoms with Crippen LogP contribution in [0.25, 0.3) is 0 Å². The lowest BCUT2D eigenvalue weighted by molar-refractivity contribution is 1.72. The van der Waals surface area contributed by atoms with Crippen LogP contribution in [0.4, 0.5) is 0 Å². The van der Waals surface area contributed by atoms with Gasteiger partial charge in [-0.15, -0.1) is 41.0 Å². The van der Waals surface area contributed by atoms with Crippen LogP contribution in [0.1, 0.15) is 0 Å². The smallest absolute Gasteiger partial charge is 0.0623 e. The van der Waals surface area contributed by atoms with Gasteiger partial charge in [-0.3, -0.25) is 0 Å². The zero-order chi connectivity index (χ0) is 4.24. The molecule has 0 aliphatic heterocycles. The Bertz CT molecular complexity index is 80.5. The molecule has 0 atom stereocenters. The molecule has 0 fully saturated rings. The second-order valence-electron chi connectivity index (χ2n) is 1.15. The lowest BCUT2D eigenvalue weighted by Gasteiger charge is -1.69. The molecular formula is C6H8BrI. The minimum Gasteiger partial charge on any atom is -0.114 e. The van der Waals surface area contributed by atoms with Gasteiger partial charge in [-0.25, -0.2) is 0 Å². The monoisotopic (exact) mass is 286 g/mol. The highest BCUT2D eigenvalue weighted by atomic mass is 127. The number of rotatable bonds is 0. The fourth-order valence-corrected chi connectivity index (χ4v) is 0.385. The van der Waals surface area contributed by atoms with Crippen LogP contribution in [0, 0.1) is 0 Å². The standard InChI is InChI=1S/C6H6.BrH.HI/c1-2-4-6-5-3-1;;/h1-6H;2*1H. The zero-order valence-electron chi connectivity index (χ0n) is 4.28. The van der Waals surface area contributed by atoms with Gasteiger partial charge in [-0.05, 0) is 0 Å². The fourth-order valence-electron chi connectivity index (χ4n) is 0.385. The molecule has 2 heteroatoms. The van der Waals surface area contributed by atoms with Crippen LogP contribution >= 0.6 is 41.0 Å². The Labute approximate surface area is 77.1 Å². The predicted molar refractivity (Wildman–Crippen MR) is 52.2 cm³/mol. The lowest BCUT2D eigenvalue weighted by atomic mass is 10.4. The largest absolute Gasteiger partial charge is 0.114 e. The van der Waals surface area contributed by atoms with Gasteiger partial charge in [-0.1, -0.05) is 36.4 Å². The quantitative estimate of drug-likeness (QED) is 0.644. The van der Waals surface area contributed by atoms with E-state index in [2.05, 4.69) is 0 Å². The van der Waals surface area contributed by atoms with Crippen LogP contribution in [-0.4, -0.2) is 0 Å². The van der Waals surface area contributed by atoms with Crippen LogP contribution in [0.2, 0.25) is 0 Å². The fraction of sp³-hybridized carbons (Fsp3) is 0. The van der Waals surface area contributed by atoms with E-state index < -0.39 is 0 Å². The summed E-state index contributed by atoms with van der Waals surface area (Å²) in [5.41, 5.74) is 0. The minimum atomic E-state index is 0. The number of hydrogen-bond acceptors (Lipinski definition) is 0. The molecule has 0 nitrogen and oxygen atoms in total. The topological polar surface area (TPSA) is 0 Å². The lowest BCUT2D eigenvalue weighted by Crippen LogP contribution is -1.47. The van der Waals surface area contributed by atoms with E-state index in [-0.39, 0.29) is 41.0 Å². The summed E-state index contributed by atoms with van der Waals surface area (Å²) >= 11 is 0. The highest BCUT2D eigenvalue weighted by Gasteiger charge is 1.57. The maximum atomic E-state index is 2.00. The van der Waals surface area contributed by atoms with Crippen molar-refractivity contribution in [1.29, 1.82) is 0 Å². The van der Waals surface area contributed by atoms with Crippen molar-refractivity contribution in [2.45, 2.75) is 0 Å². The van der Waals surface area contributed by atoms with Gasteiger partial charge in [-0.2, -0.15) is 0 Å². The molecule has 0 heterocycles. The average Bonchev–Trinajstić information content (AvgIpc) is 1.72. The predicted octanol–water partition coefficient (Wildman–Crippen LogP) is 2.88. The van der Waals surface area contributed by atoms with E-state index in [4.69, 9.17) is 0 Å². The van der Waals surface area contributed by atoms with Crippen LogP contribution in [0.3, 0.4) is 0 Å². The summed E-state index contributed by atoms with van der Waals surface area (Å²) in [5.74, 6) is 0. The summed E-state index contributed by atoms with van der Waals surface area (Å²) in [5, 5.41) is 0. The molecule has 0 unspecified atom stereocenters. The summed E-state index contributed by atoms with van der Waals surface area (Å²) in [6, 6.07) is 12.0. The van der Waals surface area contributed by atoms with Gasteiger partial charge < -0.3 is 0 Å². The van der Waals surface area contributed by atoms with Crippen molar-refractivity contribution in [2.24, 2.45) is 0 Å². The van der Waals surface area contributed by atoms with Gasteiger partial charge in [0.25, 0.3) is 0 Å². The molecule has 0 bridgehead atoms. The van der Waals surface area contributed by atoms with Crippen molar-refractivity contribution in [3.8, 4) is 0 Å². The van der Waals surface area contributed by atoms with Crippen molar-refractivity contribution in [1.82, 2.24) is 0 Å². The molecule has 0 aliphatic carbocycles. The van der Waals surface area contributed by atoms with Gasteiger partial charge in [0.15, 0.2) is 0 Å². The summed E-state index contributed by atoms with van der Waals surface area (Å²) in [6.45, 7) is 0. The van der Waals surface area contributed by atoms with Gasteiger partial charge in [0.1, 0.15) is 0 Å². The van der Waals surface area contributed by atoms with Crippen LogP contribution in [-0.2, 0) is 0 Å². The summed E-state index contributed by atoms with van der Waals surface area (Å²) in [7, 11) is 0. The van der Waals surface area contributed by atoms with Crippen molar-refractivity contribution >= 4 is 41.0 Å². The molecule has 1 rings (SSSR count). The van der Waals surface area contributed by atoms with Crippen molar-refractivity contribution in [3.05, 3.63) is 36.4 Å². The molecule has 46 valence electrons. The molecular weight excluding hydrogens is 279 g/mol. The van der Waals surface area contributed by atoms with Crippen molar-refractivity contribution < 1.29 is 0 Å².